The van der Waals surface area contributed by atoms with Gasteiger partial charge < -0.3 is 14.4 Å². The minimum atomic E-state index is -0.700. The number of benzene rings is 2. The third-order valence-electron chi connectivity index (χ3n) is 5.38. The molecule has 1 spiro atoms. The molecule has 0 aromatic heterocycles. The van der Waals surface area contributed by atoms with Gasteiger partial charge in [-0.25, -0.2) is 0 Å². The Balaban J connectivity index is 1.98. The van der Waals surface area contributed by atoms with Crippen LogP contribution < -0.4 is 14.4 Å². The maximum absolute atomic E-state index is 13.7. The maximum Gasteiger partial charge on any atom is 0.242 e. The Hall–Kier alpha value is -2.49. The van der Waals surface area contributed by atoms with Gasteiger partial charge in [-0.15, -0.1) is 0 Å². The predicted octanol–water partition coefficient (Wildman–Crippen LogP) is 4.30. The molecule has 136 valence electrons. The van der Waals surface area contributed by atoms with Crippen LogP contribution in [0.2, 0.25) is 0 Å². The summed E-state index contributed by atoms with van der Waals surface area (Å²) in [6, 6.07) is 14.0. The van der Waals surface area contributed by atoms with Gasteiger partial charge in [-0.2, -0.15) is 0 Å². The molecule has 2 aliphatic heterocycles. The van der Waals surface area contributed by atoms with Crippen molar-refractivity contribution in [2.75, 3.05) is 18.1 Å². The first-order chi connectivity index (χ1) is 12.4. The number of hydrogen-bond acceptors (Lipinski definition) is 3. The van der Waals surface area contributed by atoms with Crippen molar-refractivity contribution >= 4 is 11.6 Å². The molecule has 1 unspecified atom stereocenters. The van der Waals surface area contributed by atoms with Gasteiger partial charge >= 0.3 is 0 Å². The zero-order valence-corrected chi connectivity index (χ0v) is 15.8. The molecule has 0 N–H and O–H groups in total. The number of fused-ring (bicyclic) bond motifs is 4. The minimum Gasteiger partial charge on any atom is -0.494 e. The maximum atomic E-state index is 13.7. The fraction of sp³-hybridized carbons (Fsp3) is 0.409. The molecule has 4 nitrogen and oxygen atoms in total. The molecular formula is C22H25NO3. The van der Waals surface area contributed by atoms with Crippen molar-refractivity contribution in [1.29, 1.82) is 0 Å². The number of rotatable bonds is 3. The molecule has 2 heterocycles. The second kappa shape index (κ2) is 5.76. The molecule has 4 rings (SSSR count). The van der Waals surface area contributed by atoms with Gasteiger partial charge in [0, 0.05) is 30.3 Å². The average Bonchev–Trinajstić information content (AvgIpc) is 2.83. The van der Waals surface area contributed by atoms with Gasteiger partial charge in [0.2, 0.25) is 5.91 Å². The van der Waals surface area contributed by atoms with Crippen molar-refractivity contribution < 1.29 is 14.3 Å². The Bertz CT molecular complexity index is 873. The van der Waals surface area contributed by atoms with Crippen molar-refractivity contribution in [3.8, 4) is 11.5 Å². The van der Waals surface area contributed by atoms with Gasteiger partial charge in [0.1, 0.15) is 22.5 Å². The van der Waals surface area contributed by atoms with E-state index in [2.05, 4.69) is 19.9 Å². The molecule has 1 atom stereocenters. The van der Waals surface area contributed by atoms with Crippen LogP contribution in [-0.4, -0.2) is 24.7 Å². The van der Waals surface area contributed by atoms with Crippen LogP contribution in [0.1, 0.15) is 45.2 Å². The van der Waals surface area contributed by atoms with E-state index in [4.69, 9.17) is 9.47 Å². The third-order valence-corrected chi connectivity index (χ3v) is 5.38. The lowest BCUT2D eigenvalue weighted by molar-refractivity contribution is -0.124. The topological polar surface area (TPSA) is 38.8 Å². The molecule has 26 heavy (non-hydrogen) atoms. The first kappa shape index (κ1) is 17.0. The first-order valence-electron chi connectivity index (χ1n) is 9.31. The predicted molar refractivity (Wildman–Crippen MR) is 102 cm³/mol. The normalized spacial score (nSPS) is 22.8. The van der Waals surface area contributed by atoms with E-state index in [1.54, 1.807) is 0 Å². The van der Waals surface area contributed by atoms with E-state index in [1.165, 1.54) is 0 Å². The number of nitrogens with zero attached hydrogens (tertiary/aromatic N) is 1. The highest BCUT2D eigenvalue weighted by molar-refractivity contribution is 6.11. The average molecular weight is 351 g/mol. The zero-order chi connectivity index (χ0) is 18.5. The van der Waals surface area contributed by atoms with E-state index in [0.29, 0.717) is 19.6 Å². The number of para-hydroxylation sites is 1. The lowest BCUT2D eigenvalue weighted by Gasteiger charge is -2.43. The van der Waals surface area contributed by atoms with Crippen molar-refractivity contribution in [2.45, 2.75) is 45.1 Å². The second-order valence-corrected chi connectivity index (χ2v) is 7.60. The molecule has 0 saturated carbocycles. The summed E-state index contributed by atoms with van der Waals surface area (Å²) in [5, 5.41) is 0. The van der Waals surface area contributed by atoms with Crippen LogP contribution in [0.5, 0.6) is 11.5 Å². The summed E-state index contributed by atoms with van der Waals surface area (Å²) in [4.78, 5) is 15.6. The highest BCUT2D eigenvalue weighted by Gasteiger charge is 2.57. The highest BCUT2D eigenvalue weighted by atomic mass is 16.5. The molecule has 1 amide bonds. The smallest absolute Gasteiger partial charge is 0.242 e. The van der Waals surface area contributed by atoms with Crippen LogP contribution in [0.15, 0.2) is 42.5 Å². The minimum absolute atomic E-state index is 0.142. The van der Waals surface area contributed by atoms with Gasteiger partial charge in [0.25, 0.3) is 0 Å². The van der Waals surface area contributed by atoms with Gasteiger partial charge in [-0.1, -0.05) is 24.3 Å². The number of ether oxygens (including phenoxy) is 2. The number of anilines is 1. The van der Waals surface area contributed by atoms with Crippen molar-refractivity contribution in [3.63, 3.8) is 0 Å². The van der Waals surface area contributed by atoms with E-state index >= 15 is 0 Å². The van der Waals surface area contributed by atoms with E-state index in [1.807, 2.05) is 55.1 Å². The van der Waals surface area contributed by atoms with Crippen LogP contribution in [0, 0.1) is 0 Å². The summed E-state index contributed by atoms with van der Waals surface area (Å²) >= 11 is 0. The number of carbonyl (C=O) groups excluding carboxylic acids is 1. The fourth-order valence-electron chi connectivity index (χ4n) is 4.53. The highest BCUT2D eigenvalue weighted by Crippen LogP contribution is 2.56. The van der Waals surface area contributed by atoms with Crippen LogP contribution in [0.3, 0.4) is 0 Å². The molecule has 0 fully saturated rings. The van der Waals surface area contributed by atoms with Crippen LogP contribution >= 0.6 is 0 Å². The Kier molecular flexibility index (Phi) is 3.76. The van der Waals surface area contributed by atoms with Crippen LogP contribution in [-0.2, 0) is 10.2 Å². The molecule has 2 aliphatic rings. The number of carbonyl (C=O) groups is 1. The van der Waals surface area contributed by atoms with Crippen molar-refractivity contribution in [1.82, 2.24) is 0 Å². The van der Waals surface area contributed by atoms with E-state index in [-0.39, 0.29) is 5.91 Å². The molecule has 4 heteroatoms. The SMILES string of the molecule is CCOc1ccc2c(c1)OC(C)(C)CC21C(=O)N(CC)c2ccccc21. The van der Waals surface area contributed by atoms with Gasteiger partial charge in [-0.05, 0) is 45.4 Å². The van der Waals surface area contributed by atoms with Crippen LogP contribution in [0.4, 0.5) is 5.69 Å². The molecule has 0 bridgehead atoms. The zero-order valence-electron chi connectivity index (χ0n) is 15.8. The monoisotopic (exact) mass is 351 g/mol. The summed E-state index contributed by atoms with van der Waals surface area (Å²) in [7, 11) is 0. The molecule has 0 saturated heterocycles. The van der Waals surface area contributed by atoms with Gasteiger partial charge in [0.05, 0.1) is 6.61 Å². The third kappa shape index (κ3) is 2.24. The van der Waals surface area contributed by atoms with Crippen molar-refractivity contribution in [3.05, 3.63) is 53.6 Å². The first-order valence-corrected chi connectivity index (χ1v) is 9.31. The van der Waals surface area contributed by atoms with Crippen LogP contribution in [0.25, 0.3) is 0 Å². The molecule has 0 aliphatic carbocycles. The summed E-state index contributed by atoms with van der Waals surface area (Å²) in [6.45, 7) is 9.34. The Labute approximate surface area is 154 Å². The lowest BCUT2D eigenvalue weighted by Crippen LogP contribution is -2.50. The molecular weight excluding hydrogens is 326 g/mol. The second-order valence-electron chi connectivity index (χ2n) is 7.60. The largest absolute Gasteiger partial charge is 0.494 e. The number of likely N-dealkylation sites (N-methyl/N-ethyl adjacent to an activating group) is 1. The van der Waals surface area contributed by atoms with E-state index in [9.17, 15) is 4.79 Å². The number of amides is 1. The van der Waals surface area contributed by atoms with Gasteiger partial charge in [0.15, 0.2) is 0 Å². The Morgan fingerprint density at radius 1 is 1.12 bits per heavy atom. The summed E-state index contributed by atoms with van der Waals surface area (Å²) < 4.78 is 11.9. The molecule has 2 aromatic carbocycles. The lowest BCUT2D eigenvalue weighted by atomic mass is 9.67. The standard InChI is InChI=1S/C22H25NO3/c1-5-23-18-10-8-7-9-16(18)22(20(23)24)14-21(3,4)26-19-13-15(25-6-2)11-12-17(19)22/h7-13H,5-6,14H2,1-4H3. The fourth-order valence-corrected chi connectivity index (χ4v) is 4.53. The molecule has 2 aromatic rings. The number of hydrogen-bond donors (Lipinski definition) is 0. The van der Waals surface area contributed by atoms with Gasteiger partial charge in [-0.3, -0.25) is 4.79 Å². The van der Waals surface area contributed by atoms with Crippen molar-refractivity contribution in [2.24, 2.45) is 0 Å². The van der Waals surface area contributed by atoms with E-state index in [0.717, 1.165) is 28.3 Å². The Morgan fingerprint density at radius 2 is 1.88 bits per heavy atom. The Morgan fingerprint density at radius 3 is 2.62 bits per heavy atom. The van der Waals surface area contributed by atoms with E-state index < -0.39 is 11.0 Å². The molecule has 0 radical (unpaired) electrons. The summed E-state index contributed by atoms with van der Waals surface area (Å²) in [5.74, 6) is 1.65. The summed E-state index contributed by atoms with van der Waals surface area (Å²) in [6.07, 6.45) is 0.618. The summed E-state index contributed by atoms with van der Waals surface area (Å²) in [5.41, 5.74) is 1.87. The quantitative estimate of drug-likeness (QED) is 0.828.